The summed E-state index contributed by atoms with van der Waals surface area (Å²) in [4.78, 5) is 24.6. The Balaban J connectivity index is 1.61. The molecule has 33 heavy (non-hydrogen) atoms. The van der Waals surface area contributed by atoms with Gasteiger partial charge in [0.2, 0.25) is 0 Å². The monoisotopic (exact) mass is 460 g/mol. The Bertz CT molecular complexity index is 1290. The summed E-state index contributed by atoms with van der Waals surface area (Å²) in [5.74, 6) is -0.795. The van der Waals surface area contributed by atoms with Gasteiger partial charge < -0.3 is 14.6 Å². The summed E-state index contributed by atoms with van der Waals surface area (Å²) < 4.78 is 12.2. The van der Waals surface area contributed by atoms with Crippen LogP contribution in [0.5, 0.6) is 11.5 Å². The quantitative estimate of drug-likeness (QED) is 0.280. The van der Waals surface area contributed by atoms with Crippen LogP contribution in [0.4, 0.5) is 0 Å². The first-order valence-corrected chi connectivity index (χ1v) is 10.9. The van der Waals surface area contributed by atoms with E-state index in [1.807, 2.05) is 54.0 Å². The van der Waals surface area contributed by atoms with Crippen LogP contribution < -0.4 is 9.47 Å². The molecule has 0 aliphatic rings. The first-order valence-electron chi connectivity index (χ1n) is 9.99. The van der Waals surface area contributed by atoms with E-state index in [1.54, 1.807) is 28.2 Å². The number of carbonyl (C=O) groups is 2. The highest BCUT2D eigenvalue weighted by Gasteiger charge is 2.14. The van der Waals surface area contributed by atoms with Gasteiger partial charge in [0.25, 0.3) is 0 Å². The molecule has 0 aliphatic carbocycles. The fourth-order valence-corrected chi connectivity index (χ4v) is 3.90. The third kappa shape index (κ3) is 5.19. The van der Waals surface area contributed by atoms with Crippen LogP contribution in [0.3, 0.4) is 0 Å². The summed E-state index contributed by atoms with van der Waals surface area (Å²) in [6, 6.07) is 18.3. The van der Waals surface area contributed by atoms with Crippen molar-refractivity contribution in [1.29, 1.82) is 0 Å². The van der Waals surface area contributed by atoms with Gasteiger partial charge in [-0.3, -0.25) is 4.79 Å². The van der Waals surface area contributed by atoms with Crippen molar-refractivity contribution >= 4 is 29.2 Å². The van der Waals surface area contributed by atoms with Gasteiger partial charge in [0.15, 0.2) is 23.9 Å². The lowest BCUT2D eigenvalue weighted by atomic mass is 10.1. The Hall–Kier alpha value is -4.17. The number of methoxy groups -OCH3 is 1. The van der Waals surface area contributed by atoms with Gasteiger partial charge in [-0.05, 0) is 53.9 Å². The number of allylic oxidation sites excluding steroid dienone is 1. The molecule has 4 rings (SSSR count). The summed E-state index contributed by atoms with van der Waals surface area (Å²) in [5.41, 5.74) is 2.90. The molecule has 7 nitrogen and oxygen atoms in total. The summed E-state index contributed by atoms with van der Waals surface area (Å²) in [6.07, 6.45) is 5.11. The number of benzene rings is 2. The highest BCUT2D eigenvalue weighted by Crippen LogP contribution is 2.30. The number of carbonyl (C=O) groups excluding carboxylic acids is 1. The predicted molar refractivity (Wildman–Crippen MR) is 126 cm³/mol. The Morgan fingerprint density at radius 3 is 2.61 bits per heavy atom. The topological polar surface area (TPSA) is 90.7 Å². The molecule has 0 atom stereocenters. The van der Waals surface area contributed by atoms with Crippen LogP contribution in [-0.2, 0) is 4.79 Å². The van der Waals surface area contributed by atoms with Crippen LogP contribution in [0.15, 0.2) is 78.3 Å². The number of ether oxygens (including phenoxy) is 2. The molecule has 2 aromatic heterocycles. The van der Waals surface area contributed by atoms with E-state index in [4.69, 9.17) is 19.7 Å². The van der Waals surface area contributed by atoms with Gasteiger partial charge >= 0.3 is 5.97 Å². The van der Waals surface area contributed by atoms with Gasteiger partial charge in [-0.25, -0.2) is 9.48 Å². The molecule has 1 N–H and O–H groups in total. The molecule has 0 fully saturated rings. The van der Waals surface area contributed by atoms with E-state index in [0.717, 1.165) is 21.8 Å². The predicted octanol–water partition coefficient (Wildman–Crippen LogP) is 4.97. The number of hydrogen-bond donors (Lipinski definition) is 1. The zero-order chi connectivity index (χ0) is 23.2. The van der Waals surface area contributed by atoms with Gasteiger partial charge in [0.05, 0.1) is 17.7 Å². The van der Waals surface area contributed by atoms with E-state index in [1.165, 1.54) is 25.3 Å². The SMILES string of the molecule is COc1cc(C(=O)/C=C/c2cn(-c3ccccc3)nc2-c2cccs2)ccc1OCC(=O)O. The van der Waals surface area contributed by atoms with Crippen LogP contribution in [0, 0.1) is 0 Å². The van der Waals surface area contributed by atoms with E-state index < -0.39 is 12.6 Å². The molecule has 0 aliphatic heterocycles. The molecule has 2 aromatic carbocycles. The highest BCUT2D eigenvalue weighted by atomic mass is 32.1. The number of hydrogen-bond acceptors (Lipinski definition) is 6. The van der Waals surface area contributed by atoms with Crippen molar-refractivity contribution in [2.45, 2.75) is 0 Å². The van der Waals surface area contributed by atoms with Crippen molar-refractivity contribution in [1.82, 2.24) is 9.78 Å². The lowest BCUT2D eigenvalue weighted by molar-refractivity contribution is -0.139. The van der Waals surface area contributed by atoms with Crippen molar-refractivity contribution in [2.75, 3.05) is 13.7 Å². The highest BCUT2D eigenvalue weighted by molar-refractivity contribution is 7.13. The maximum atomic E-state index is 12.8. The minimum atomic E-state index is -1.10. The summed E-state index contributed by atoms with van der Waals surface area (Å²) in [7, 11) is 1.43. The molecule has 0 amide bonds. The summed E-state index contributed by atoms with van der Waals surface area (Å²) in [5, 5.41) is 15.5. The number of aromatic nitrogens is 2. The fraction of sp³-hybridized carbons (Fsp3) is 0.0800. The molecule has 0 saturated heterocycles. The van der Waals surface area contributed by atoms with Gasteiger partial charge in [-0.1, -0.05) is 24.3 Å². The van der Waals surface area contributed by atoms with E-state index in [2.05, 4.69) is 0 Å². The summed E-state index contributed by atoms with van der Waals surface area (Å²) >= 11 is 1.58. The van der Waals surface area contributed by atoms with Crippen molar-refractivity contribution < 1.29 is 24.2 Å². The number of thiophene rings is 1. The van der Waals surface area contributed by atoms with Crippen LogP contribution in [0.25, 0.3) is 22.3 Å². The zero-order valence-corrected chi connectivity index (χ0v) is 18.5. The second-order valence-corrected chi connectivity index (χ2v) is 7.88. The average molecular weight is 461 g/mol. The number of nitrogens with zero attached hydrogens (tertiary/aromatic N) is 2. The number of aliphatic carboxylic acids is 1. The molecule has 0 radical (unpaired) electrons. The number of para-hydroxylation sites is 1. The minimum Gasteiger partial charge on any atom is -0.493 e. The van der Waals surface area contributed by atoms with Crippen molar-refractivity contribution in [3.05, 3.63) is 89.4 Å². The molecule has 0 spiro atoms. The molecular weight excluding hydrogens is 440 g/mol. The first-order chi connectivity index (χ1) is 16.0. The second-order valence-electron chi connectivity index (χ2n) is 6.94. The van der Waals surface area contributed by atoms with E-state index in [0.29, 0.717) is 5.56 Å². The Morgan fingerprint density at radius 1 is 1.09 bits per heavy atom. The average Bonchev–Trinajstić information content (AvgIpc) is 3.51. The Kier molecular flexibility index (Phi) is 6.66. The molecule has 4 aromatic rings. The molecule has 0 bridgehead atoms. The maximum absolute atomic E-state index is 12.8. The molecule has 0 unspecified atom stereocenters. The Labute approximate surface area is 194 Å². The third-order valence-corrected chi connectivity index (χ3v) is 5.61. The van der Waals surface area contributed by atoms with E-state index in [9.17, 15) is 9.59 Å². The van der Waals surface area contributed by atoms with Crippen LogP contribution >= 0.6 is 11.3 Å². The third-order valence-electron chi connectivity index (χ3n) is 4.73. The Morgan fingerprint density at radius 2 is 1.91 bits per heavy atom. The zero-order valence-electron chi connectivity index (χ0n) is 17.7. The van der Waals surface area contributed by atoms with Crippen molar-refractivity contribution in [3.63, 3.8) is 0 Å². The van der Waals surface area contributed by atoms with Crippen LogP contribution in [-0.4, -0.2) is 40.4 Å². The van der Waals surface area contributed by atoms with Crippen LogP contribution in [0.2, 0.25) is 0 Å². The first kappa shape index (κ1) is 22.0. The van der Waals surface area contributed by atoms with Gasteiger partial charge in [-0.15, -0.1) is 11.3 Å². The fourth-order valence-electron chi connectivity index (χ4n) is 3.17. The number of carboxylic acids is 1. The maximum Gasteiger partial charge on any atom is 0.341 e. The van der Waals surface area contributed by atoms with E-state index >= 15 is 0 Å². The molecule has 2 heterocycles. The van der Waals surface area contributed by atoms with E-state index in [-0.39, 0.29) is 17.3 Å². The number of carboxylic acid groups (broad SMARTS) is 1. The smallest absolute Gasteiger partial charge is 0.341 e. The largest absolute Gasteiger partial charge is 0.493 e. The minimum absolute atomic E-state index is 0.234. The van der Waals surface area contributed by atoms with Crippen LogP contribution in [0.1, 0.15) is 15.9 Å². The molecule has 166 valence electrons. The lowest BCUT2D eigenvalue weighted by Gasteiger charge is -2.09. The van der Waals surface area contributed by atoms with Gasteiger partial charge in [0.1, 0.15) is 5.69 Å². The number of rotatable bonds is 9. The lowest BCUT2D eigenvalue weighted by Crippen LogP contribution is -2.10. The summed E-state index contributed by atoms with van der Waals surface area (Å²) in [6.45, 7) is -0.500. The van der Waals surface area contributed by atoms with Crippen molar-refractivity contribution in [2.24, 2.45) is 0 Å². The molecule has 0 saturated carbocycles. The molecular formula is C25H20N2O5S. The normalized spacial score (nSPS) is 10.9. The van der Waals surface area contributed by atoms with Gasteiger partial charge in [-0.2, -0.15) is 5.10 Å². The van der Waals surface area contributed by atoms with Gasteiger partial charge in [0, 0.05) is 17.3 Å². The standard InChI is InChI=1S/C25H20N2O5S/c1-31-22-14-17(10-12-21(22)32-16-24(29)30)20(28)11-9-18-15-27(19-6-3-2-4-7-19)26-25(18)23-8-5-13-33-23/h2-15H,16H2,1H3,(H,29,30)/b11-9+. The second kappa shape index (κ2) is 9.97. The molecule has 8 heteroatoms. The number of ketones is 1. The van der Waals surface area contributed by atoms with Crippen molar-refractivity contribution in [3.8, 4) is 27.8 Å².